The van der Waals surface area contributed by atoms with Crippen molar-refractivity contribution in [2.24, 2.45) is 17.2 Å². The van der Waals surface area contributed by atoms with Crippen LogP contribution in [0.5, 0.6) is 0 Å². The summed E-state index contributed by atoms with van der Waals surface area (Å²) in [6, 6.07) is 0.238. The minimum absolute atomic E-state index is 0.238. The molecule has 5 heteroatoms. The van der Waals surface area contributed by atoms with Crippen LogP contribution in [-0.2, 0) is 0 Å². The zero-order valence-electron chi connectivity index (χ0n) is 8.04. The minimum Gasteiger partial charge on any atom is -0.396 e. The predicted molar refractivity (Wildman–Crippen MR) is 52.6 cm³/mol. The van der Waals surface area contributed by atoms with Crippen LogP contribution in [0.1, 0.15) is 13.8 Å². The lowest BCUT2D eigenvalue weighted by Crippen LogP contribution is -2.56. The van der Waals surface area contributed by atoms with E-state index in [-0.39, 0.29) is 12.2 Å². The van der Waals surface area contributed by atoms with Crippen LogP contribution >= 0.6 is 0 Å². The van der Waals surface area contributed by atoms with Crippen LogP contribution in [0.15, 0.2) is 23.9 Å². The number of nitrogens with zero attached hydrogens (tertiary/aromatic N) is 1. The van der Waals surface area contributed by atoms with E-state index in [2.05, 4.69) is 11.9 Å². The van der Waals surface area contributed by atoms with Crippen molar-refractivity contribution in [1.29, 1.82) is 0 Å². The van der Waals surface area contributed by atoms with Crippen molar-refractivity contribution in [1.82, 2.24) is 10.2 Å². The fourth-order valence-electron chi connectivity index (χ4n) is 1.40. The third-order valence-electron chi connectivity index (χ3n) is 2.08. The first kappa shape index (κ1) is 9.73. The smallest absolute Gasteiger partial charge is 0.125 e. The maximum absolute atomic E-state index is 5.87. The van der Waals surface area contributed by atoms with Gasteiger partial charge < -0.3 is 27.4 Å². The molecule has 0 radical (unpaired) electrons. The van der Waals surface area contributed by atoms with E-state index in [9.17, 15) is 0 Å². The summed E-state index contributed by atoms with van der Waals surface area (Å²) in [6.45, 7) is 7.85. The first-order chi connectivity index (χ1) is 5.95. The molecule has 1 heterocycles. The Morgan fingerprint density at radius 2 is 2.00 bits per heavy atom. The molecular weight excluding hydrogens is 166 g/mol. The summed E-state index contributed by atoms with van der Waals surface area (Å²) in [5.41, 5.74) is 17.6. The van der Waals surface area contributed by atoms with Crippen LogP contribution in [0.2, 0.25) is 0 Å². The predicted octanol–water partition coefficient (Wildman–Crippen LogP) is -0.857. The fourth-order valence-corrected chi connectivity index (χ4v) is 1.40. The third kappa shape index (κ3) is 1.55. The van der Waals surface area contributed by atoms with Crippen LogP contribution in [0.4, 0.5) is 0 Å². The van der Waals surface area contributed by atoms with E-state index >= 15 is 0 Å². The molecule has 13 heavy (non-hydrogen) atoms. The molecule has 0 aromatic heterocycles. The largest absolute Gasteiger partial charge is 0.396 e. The minimum atomic E-state index is -0.381. The molecule has 0 spiro atoms. The first-order valence-corrected chi connectivity index (χ1v) is 4.20. The maximum Gasteiger partial charge on any atom is 0.125 e. The van der Waals surface area contributed by atoms with E-state index in [1.54, 1.807) is 0 Å². The Bertz CT molecular complexity index is 255. The highest BCUT2D eigenvalue weighted by atomic mass is 15.4. The van der Waals surface area contributed by atoms with Crippen molar-refractivity contribution < 1.29 is 0 Å². The molecule has 1 rings (SSSR count). The first-order valence-electron chi connectivity index (χ1n) is 4.20. The number of nitrogens with two attached hydrogens (primary N) is 3. The lowest BCUT2D eigenvalue weighted by atomic mass is 10.2. The summed E-state index contributed by atoms with van der Waals surface area (Å²) in [4.78, 5) is 1.88. The van der Waals surface area contributed by atoms with Crippen LogP contribution in [0.25, 0.3) is 0 Å². The molecule has 0 fully saturated rings. The summed E-state index contributed by atoms with van der Waals surface area (Å²) in [5.74, 6) is 1.09. The molecule has 1 unspecified atom stereocenters. The molecule has 1 aliphatic heterocycles. The van der Waals surface area contributed by atoms with Gasteiger partial charge in [-0.05, 0) is 13.8 Å². The second-order valence-corrected chi connectivity index (χ2v) is 3.39. The van der Waals surface area contributed by atoms with Gasteiger partial charge in [0.15, 0.2) is 0 Å². The normalized spacial score (nSPS) is 23.8. The Morgan fingerprint density at radius 3 is 2.46 bits per heavy atom. The quantitative estimate of drug-likeness (QED) is 0.424. The van der Waals surface area contributed by atoms with Crippen molar-refractivity contribution >= 4 is 0 Å². The van der Waals surface area contributed by atoms with E-state index < -0.39 is 0 Å². The van der Waals surface area contributed by atoms with E-state index in [0.29, 0.717) is 17.3 Å². The van der Waals surface area contributed by atoms with Crippen LogP contribution in [0, 0.1) is 0 Å². The van der Waals surface area contributed by atoms with Crippen molar-refractivity contribution in [2.45, 2.75) is 26.1 Å². The lowest BCUT2D eigenvalue weighted by Gasteiger charge is -2.40. The monoisotopic (exact) mass is 183 g/mol. The number of rotatable bonds is 1. The molecular formula is C8H17N5. The van der Waals surface area contributed by atoms with Crippen molar-refractivity contribution in [2.75, 3.05) is 0 Å². The van der Waals surface area contributed by atoms with Gasteiger partial charge in [0.25, 0.3) is 0 Å². The van der Waals surface area contributed by atoms with Gasteiger partial charge >= 0.3 is 0 Å². The highest BCUT2D eigenvalue weighted by molar-refractivity contribution is 5.22. The number of nitrogens with one attached hydrogen (secondary N) is 1. The highest BCUT2D eigenvalue weighted by Gasteiger charge is 2.27. The molecule has 0 aromatic carbocycles. The molecule has 1 aliphatic rings. The molecule has 74 valence electrons. The summed E-state index contributed by atoms with van der Waals surface area (Å²) in [7, 11) is 0. The second-order valence-electron chi connectivity index (χ2n) is 3.39. The molecule has 0 aromatic rings. The van der Waals surface area contributed by atoms with Gasteiger partial charge in [0, 0.05) is 6.04 Å². The van der Waals surface area contributed by atoms with E-state index in [1.165, 1.54) is 0 Å². The topological polar surface area (TPSA) is 93.3 Å². The maximum atomic E-state index is 5.87. The summed E-state index contributed by atoms with van der Waals surface area (Å²) in [6.07, 6.45) is -0.381. The van der Waals surface area contributed by atoms with Gasteiger partial charge in [0.2, 0.25) is 0 Å². The summed E-state index contributed by atoms with van der Waals surface area (Å²) < 4.78 is 0. The average Bonchev–Trinajstić information content (AvgIpc) is 1.99. The molecule has 0 amide bonds. The number of hydrogen-bond acceptors (Lipinski definition) is 5. The van der Waals surface area contributed by atoms with Crippen molar-refractivity contribution in [3.8, 4) is 0 Å². The van der Waals surface area contributed by atoms with Crippen molar-refractivity contribution in [3.05, 3.63) is 23.9 Å². The Balaban J connectivity index is 2.97. The molecule has 7 N–H and O–H groups in total. The number of hydrogen-bond donors (Lipinski definition) is 4. The van der Waals surface area contributed by atoms with Crippen LogP contribution in [-0.4, -0.2) is 17.1 Å². The highest BCUT2D eigenvalue weighted by Crippen LogP contribution is 2.16. The third-order valence-corrected chi connectivity index (χ3v) is 2.08. The summed E-state index contributed by atoms with van der Waals surface area (Å²) >= 11 is 0. The summed E-state index contributed by atoms with van der Waals surface area (Å²) in [5, 5.41) is 2.87. The molecule has 5 nitrogen and oxygen atoms in total. The van der Waals surface area contributed by atoms with Gasteiger partial charge in [-0.1, -0.05) is 6.58 Å². The zero-order valence-corrected chi connectivity index (χ0v) is 8.04. The lowest BCUT2D eigenvalue weighted by molar-refractivity contribution is 0.207. The van der Waals surface area contributed by atoms with Crippen LogP contribution in [0.3, 0.4) is 0 Å². The SMILES string of the molecule is C=C1NC(N)=C(N)C(N)N1C(C)C. The van der Waals surface area contributed by atoms with Gasteiger partial charge in [-0.25, -0.2) is 0 Å². The Morgan fingerprint density at radius 1 is 1.46 bits per heavy atom. The molecule has 0 aliphatic carbocycles. The van der Waals surface area contributed by atoms with E-state index in [0.717, 1.165) is 0 Å². The van der Waals surface area contributed by atoms with Gasteiger partial charge in [-0.3, -0.25) is 0 Å². The Labute approximate surface area is 78.2 Å². The Kier molecular flexibility index (Phi) is 2.38. The van der Waals surface area contributed by atoms with E-state index in [1.807, 2.05) is 18.7 Å². The van der Waals surface area contributed by atoms with Gasteiger partial charge in [0.05, 0.1) is 5.70 Å². The fraction of sp³-hybridized carbons (Fsp3) is 0.500. The second kappa shape index (κ2) is 3.18. The zero-order chi connectivity index (χ0) is 10.2. The molecule has 1 atom stereocenters. The molecule has 0 saturated carbocycles. The molecule has 0 saturated heterocycles. The van der Waals surface area contributed by atoms with Gasteiger partial charge in [0.1, 0.15) is 17.8 Å². The Hall–Kier alpha value is -1.36. The van der Waals surface area contributed by atoms with Crippen LogP contribution < -0.4 is 22.5 Å². The average molecular weight is 183 g/mol. The standard InChI is InChI=1S/C8H17N5/c1-4(2)13-5(3)12-7(10)6(9)8(13)11/h4,8,12H,3,9-11H2,1-2H3. The van der Waals surface area contributed by atoms with E-state index in [4.69, 9.17) is 17.2 Å². The van der Waals surface area contributed by atoms with Gasteiger partial charge in [-0.15, -0.1) is 0 Å². The molecule has 0 bridgehead atoms. The van der Waals surface area contributed by atoms with Gasteiger partial charge in [-0.2, -0.15) is 0 Å². The van der Waals surface area contributed by atoms with Crippen molar-refractivity contribution in [3.63, 3.8) is 0 Å².